The Morgan fingerprint density at radius 2 is 1.29 bits per heavy atom. The standard InChI is InChI=1S/C9H21N4.Rf/c1-9-8-12-5-4-10-2-3-11-6-7-13-9;/h9-13H,1-8H2;/q-1;. The van der Waals surface area contributed by atoms with Crippen LogP contribution >= 0.6 is 0 Å². The molecular weight excluding hydrogens is 431 g/mol. The summed E-state index contributed by atoms with van der Waals surface area (Å²) in [7, 11) is 0. The first-order valence-electron chi connectivity index (χ1n) is 5.08. The smallest absolute Gasteiger partial charge is 0.00772 e. The molecule has 1 aliphatic heterocycles. The van der Waals surface area contributed by atoms with Crippen molar-refractivity contribution in [2.24, 2.45) is 0 Å². The van der Waals surface area contributed by atoms with Crippen molar-refractivity contribution < 1.29 is 0 Å². The molecule has 1 fully saturated rings. The van der Waals surface area contributed by atoms with Crippen LogP contribution in [0.4, 0.5) is 0 Å². The summed E-state index contributed by atoms with van der Waals surface area (Å²) in [6.07, 6.45) is 0. The molecule has 5 heteroatoms. The Bertz CT molecular complexity index is 111. The van der Waals surface area contributed by atoms with Gasteiger partial charge in [-0.15, -0.1) is 6.04 Å². The molecule has 1 saturated heterocycles. The van der Waals surface area contributed by atoms with E-state index in [1.54, 1.807) is 0 Å². The van der Waals surface area contributed by atoms with Crippen LogP contribution in [0, 0.1) is 6.92 Å². The Kier molecular flexibility index (Phi) is 7.74. The summed E-state index contributed by atoms with van der Waals surface area (Å²) in [4.78, 5) is 0. The van der Waals surface area contributed by atoms with E-state index in [2.05, 4.69) is 28.2 Å². The quantitative estimate of drug-likeness (QED) is 0.341. The zero-order valence-corrected chi connectivity index (χ0v) is 15.3. The van der Waals surface area contributed by atoms with Crippen LogP contribution in [0.25, 0.3) is 0 Å². The van der Waals surface area contributed by atoms with Gasteiger partial charge in [0.05, 0.1) is 0 Å². The van der Waals surface area contributed by atoms with Crippen molar-refractivity contribution in [3.05, 3.63) is 6.92 Å². The van der Waals surface area contributed by atoms with Crippen molar-refractivity contribution in [3.63, 3.8) is 0 Å². The average molecular weight is 452 g/mol. The van der Waals surface area contributed by atoms with Crippen molar-refractivity contribution in [3.8, 4) is 0 Å². The van der Waals surface area contributed by atoms with Crippen molar-refractivity contribution in [2.75, 3.05) is 45.8 Å². The van der Waals surface area contributed by atoms with E-state index in [4.69, 9.17) is 0 Å². The molecule has 1 rings (SSSR count). The van der Waals surface area contributed by atoms with Crippen LogP contribution < -0.4 is 21.3 Å². The van der Waals surface area contributed by atoms with Crippen LogP contribution in [0.5, 0.6) is 0 Å². The first-order valence-corrected chi connectivity index (χ1v) is 5.08. The van der Waals surface area contributed by atoms with E-state index in [-0.39, 0.29) is 0 Å². The van der Waals surface area contributed by atoms with E-state index >= 15 is 0 Å². The van der Waals surface area contributed by atoms with Crippen LogP contribution in [-0.2, 0) is 0 Å². The Morgan fingerprint density at radius 1 is 0.786 bits per heavy atom. The first-order chi connectivity index (χ1) is 6.39. The van der Waals surface area contributed by atoms with Crippen LogP contribution in [0.2, 0.25) is 0 Å². The van der Waals surface area contributed by atoms with E-state index in [1.165, 1.54) is 0 Å². The Balaban J connectivity index is 0.00000169. The first kappa shape index (κ1) is 12.8. The molecule has 1 heterocycles. The summed E-state index contributed by atoms with van der Waals surface area (Å²) in [5.74, 6) is 0. The van der Waals surface area contributed by atoms with Gasteiger partial charge in [0, 0.05) is 39.3 Å². The third-order valence-electron chi connectivity index (χ3n) is 2.08. The molecular formula is C9H21N4Rf-. The van der Waals surface area contributed by atoms with Gasteiger partial charge in [0.1, 0.15) is 0 Å². The van der Waals surface area contributed by atoms with E-state index in [0.717, 1.165) is 45.8 Å². The van der Waals surface area contributed by atoms with Gasteiger partial charge in [-0.25, -0.2) is 0 Å². The molecule has 1 unspecified atom stereocenters. The molecule has 0 saturated carbocycles. The number of rotatable bonds is 0. The number of hydrogen-bond donors (Lipinski definition) is 4. The largest absolute Gasteiger partial charge is 0.341 e. The summed E-state index contributed by atoms with van der Waals surface area (Å²) in [6.45, 7) is 11.1. The molecule has 0 amide bonds. The molecule has 1 aliphatic rings. The van der Waals surface area contributed by atoms with Crippen molar-refractivity contribution in [2.45, 2.75) is 6.04 Å². The molecule has 0 aromatic heterocycles. The summed E-state index contributed by atoms with van der Waals surface area (Å²) in [5, 5.41) is 13.4. The SMILES string of the molecule is [CH2-]C1CNCCNCCNCCN1.[Rf]. The Morgan fingerprint density at radius 3 is 1.93 bits per heavy atom. The third-order valence-corrected chi connectivity index (χ3v) is 2.08. The molecule has 4 N–H and O–H groups in total. The maximum atomic E-state index is 4.00. The van der Waals surface area contributed by atoms with Gasteiger partial charge >= 0.3 is 0 Å². The van der Waals surface area contributed by atoms with E-state index in [1.807, 2.05) is 0 Å². The molecule has 0 aliphatic carbocycles. The van der Waals surface area contributed by atoms with Crippen LogP contribution in [-0.4, -0.2) is 51.9 Å². The zero-order chi connectivity index (χ0) is 9.36. The number of hydrogen-bond acceptors (Lipinski definition) is 4. The third kappa shape index (κ3) is 6.37. The van der Waals surface area contributed by atoms with Gasteiger partial charge in [0.2, 0.25) is 0 Å². The molecule has 0 radical (unpaired) electrons. The van der Waals surface area contributed by atoms with Crippen LogP contribution in [0.15, 0.2) is 0 Å². The second kappa shape index (κ2) is 8.44. The Labute approximate surface area is 80.9 Å². The van der Waals surface area contributed by atoms with E-state index in [9.17, 15) is 0 Å². The molecule has 0 aromatic rings. The molecule has 14 heavy (non-hydrogen) atoms. The normalized spacial score (nSPS) is 26.8. The van der Waals surface area contributed by atoms with Crippen molar-refractivity contribution in [1.82, 2.24) is 21.3 Å². The van der Waals surface area contributed by atoms with Gasteiger partial charge in [-0.1, -0.05) is 0 Å². The minimum Gasteiger partial charge on any atom is -0.341 e. The second-order valence-corrected chi connectivity index (χ2v) is 3.36. The predicted octanol–water partition coefficient (Wildman–Crippen LogP) is -1.44. The zero-order valence-electron chi connectivity index (χ0n) is 8.94. The van der Waals surface area contributed by atoms with Gasteiger partial charge in [-0.3, -0.25) is 0 Å². The molecule has 4 nitrogen and oxygen atoms in total. The van der Waals surface area contributed by atoms with Gasteiger partial charge in [0.25, 0.3) is 0 Å². The molecule has 0 spiro atoms. The van der Waals surface area contributed by atoms with Crippen molar-refractivity contribution in [1.29, 1.82) is 0 Å². The molecule has 80 valence electrons. The van der Waals surface area contributed by atoms with Gasteiger partial charge in [0.15, 0.2) is 0 Å². The summed E-state index contributed by atoms with van der Waals surface area (Å²) in [6, 6.07) is 0.321. The minimum atomic E-state index is 0. The molecule has 1 atom stereocenters. The van der Waals surface area contributed by atoms with Gasteiger partial charge < -0.3 is 28.2 Å². The molecule has 0 aromatic carbocycles. The predicted molar refractivity (Wildman–Crippen MR) is 55.8 cm³/mol. The minimum absolute atomic E-state index is 0. The fourth-order valence-electron chi connectivity index (χ4n) is 1.32. The number of nitrogens with one attached hydrogen (secondary N) is 4. The van der Waals surface area contributed by atoms with E-state index < -0.39 is 0 Å². The summed E-state index contributed by atoms with van der Waals surface area (Å²) >= 11 is 0. The fourth-order valence-corrected chi connectivity index (χ4v) is 1.32. The summed E-state index contributed by atoms with van der Waals surface area (Å²) in [5.41, 5.74) is 0. The van der Waals surface area contributed by atoms with Crippen LogP contribution in [0.3, 0.4) is 0 Å². The Hall–Kier alpha value is -1.16. The summed E-state index contributed by atoms with van der Waals surface area (Å²) < 4.78 is 0. The van der Waals surface area contributed by atoms with Gasteiger partial charge in [-0.05, 0) is 6.54 Å². The van der Waals surface area contributed by atoms with Crippen molar-refractivity contribution >= 4 is 0 Å². The van der Waals surface area contributed by atoms with E-state index in [0.29, 0.717) is 6.04 Å². The molecule has 0 bridgehead atoms. The maximum Gasteiger partial charge on any atom is 0.00772 e. The average Bonchev–Trinajstić information content (AvgIpc) is 2.11. The monoisotopic (exact) mass is 452 g/mol. The van der Waals surface area contributed by atoms with Gasteiger partial charge in [-0.2, -0.15) is 0 Å². The topological polar surface area (TPSA) is 48.1 Å². The van der Waals surface area contributed by atoms with Crippen LogP contribution in [0.1, 0.15) is 0 Å². The fraction of sp³-hybridized carbons (Fsp3) is 0.889. The second-order valence-electron chi connectivity index (χ2n) is 3.36. The maximum absolute atomic E-state index is 4.00.